The molecule has 0 radical (unpaired) electrons. The summed E-state index contributed by atoms with van der Waals surface area (Å²) in [5, 5.41) is 4.17. The van der Waals surface area contributed by atoms with Crippen LogP contribution in [0.2, 0.25) is 0 Å². The van der Waals surface area contributed by atoms with Crippen LogP contribution in [0, 0.1) is 12.7 Å². The highest BCUT2D eigenvalue weighted by atomic mass is 19.1. The molecule has 0 saturated heterocycles. The second-order valence-electron chi connectivity index (χ2n) is 4.88. The first-order valence-corrected chi connectivity index (χ1v) is 6.57. The van der Waals surface area contributed by atoms with Crippen LogP contribution in [0.4, 0.5) is 4.39 Å². The molecule has 1 aromatic carbocycles. The molecule has 2 rings (SSSR count). The molecular weight excluding hydrogens is 241 g/mol. The Bertz CT molecular complexity index is 508. The number of halogens is 1. The zero-order chi connectivity index (χ0) is 13.7. The molecule has 0 spiro atoms. The smallest absolute Gasteiger partial charge is 0.126 e. The molecule has 0 aliphatic heterocycles. The van der Waals surface area contributed by atoms with Crippen LogP contribution < -0.4 is 0 Å². The van der Waals surface area contributed by atoms with Crippen molar-refractivity contribution in [2.75, 3.05) is 13.6 Å². The van der Waals surface area contributed by atoms with Gasteiger partial charge in [0.1, 0.15) is 5.82 Å². The molecule has 19 heavy (non-hydrogen) atoms. The molecule has 1 heterocycles. The van der Waals surface area contributed by atoms with Crippen LogP contribution in [0.15, 0.2) is 36.7 Å². The fourth-order valence-corrected chi connectivity index (χ4v) is 2.13. The fraction of sp³-hybridized carbons (Fsp3) is 0.400. The molecule has 1 aromatic heterocycles. The van der Waals surface area contributed by atoms with E-state index in [1.165, 1.54) is 6.07 Å². The normalized spacial score (nSPS) is 11.2. The molecule has 102 valence electrons. The Kier molecular flexibility index (Phi) is 4.68. The summed E-state index contributed by atoms with van der Waals surface area (Å²) < 4.78 is 15.4. The van der Waals surface area contributed by atoms with Gasteiger partial charge >= 0.3 is 0 Å². The maximum atomic E-state index is 13.4. The lowest BCUT2D eigenvalue weighted by Gasteiger charge is -2.18. The van der Waals surface area contributed by atoms with Crippen LogP contribution in [-0.2, 0) is 13.1 Å². The summed E-state index contributed by atoms with van der Waals surface area (Å²) >= 11 is 0. The quantitative estimate of drug-likeness (QED) is 0.797. The Hall–Kier alpha value is -1.68. The highest BCUT2D eigenvalue weighted by Gasteiger charge is 2.06. The van der Waals surface area contributed by atoms with E-state index in [1.54, 1.807) is 12.3 Å². The van der Waals surface area contributed by atoms with Gasteiger partial charge in [-0.15, -0.1) is 0 Å². The third-order valence-electron chi connectivity index (χ3n) is 3.31. The predicted molar refractivity (Wildman–Crippen MR) is 74.3 cm³/mol. The minimum Gasteiger partial charge on any atom is -0.302 e. The van der Waals surface area contributed by atoms with Crippen LogP contribution in [-0.4, -0.2) is 28.3 Å². The number of rotatable bonds is 6. The van der Waals surface area contributed by atoms with Crippen LogP contribution in [0.5, 0.6) is 0 Å². The van der Waals surface area contributed by atoms with Crippen molar-refractivity contribution in [2.24, 2.45) is 0 Å². The third kappa shape index (κ3) is 3.89. The van der Waals surface area contributed by atoms with Crippen LogP contribution in [0.3, 0.4) is 0 Å². The molecule has 0 aliphatic rings. The summed E-state index contributed by atoms with van der Waals surface area (Å²) in [5.74, 6) is -0.123. The Morgan fingerprint density at radius 3 is 2.89 bits per heavy atom. The van der Waals surface area contributed by atoms with Crippen molar-refractivity contribution < 1.29 is 4.39 Å². The van der Waals surface area contributed by atoms with E-state index in [9.17, 15) is 4.39 Å². The van der Waals surface area contributed by atoms with Crippen molar-refractivity contribution in [3.8, 4) is 0 Å². The number of nitrogens with zero attached hydrogens (tertiary/aromatic N) is 3. The first-order valence-electron chi connectivity index (χ1n) is 6.57. The second-order valence-corrected chi connectivity index (χ2v) is 4.88. The van der Waals surface area contributed by atoms with E-state index in [0.717, 1.165) is 37.2 Å². The van der Waals surface area contributed by atoms with Crippen molar-refractivity contribution in [2.45, 2.75) is 26.4 Å². The molecule has 0 bridgehead atoms. The highest BCUT2D eigenvalue weighted by molar-refractivity contribution is 5.27. The van der Waals surface area contributed by atoms with Gasteiger partial charge in [0.05, 0.1) is 0 Å². The average molecular weight is 261 g/mol. The van der Waals surface area contributed by atoms with Gasteiger partial charge in [-0.2, -0.15) is 5.10 Å². The van der Waals surface area contributed by atoms with E-state index in [4.69, 9.17) is 0 Å². The fourth-order valence-electron chi connectivity index (χ4n) is 2.13. The molecule has 0 amide bonds. The van der Waals surface area contributed by atoms with Gasteiger partial charge in [-0.25, -0.2) is 4.39 Å². The van der Waals surface area contributed by atoms with Crippen LogP contribution in [0.25, 0.3) is 0 Å². The van der Waals surface area contributed by atoms with E-state index in [0.29, 0.717) is 0 Å². The van der Waals surface area contributed by atoms with Crippen LogP contribution in [0.1, 0.15) is 17.5 Å². The molecule has 0 N–H and O–H groups in total. The van der Waals surface area contributed by atoms with Gasteiger partial charge in [0.2, 0.25) is 0 Å². The number of aryl methyl sites for hydroxylation is 1. The molecular formula is C15H20FN3. The minimum atomic E-state index is -0.123. The van der Waals surface area contributed by atoms with Crippen molar-refractivity contribution >= 4 is 0 Å². The van der Waals surface area contributed by atoms with Crippen molar-refractivity contribution in [3.05, 3.63) is 53.6 Å². The van der Waals surface area contributed by atoms with E-state index >= 15 is 0 Å². The first-order chi connectivity index (χ1) is 9.16. The van der Waals surface area contributed by atoms with E-state index in [2.05, 4.69) is 17.0 Å². The highest BCUT2D eigenvalue weighted by Crippen LogP contribution is 2.13. The number of aromatic nitrogens is 2. The van der Waals surface area contributed by atoms with Crippen molar-refractivity contribution in [1.29, 1.82) is 0 Å². The maximum Gasteiger partial charge on any atom is 0.126 e. The van der Waals surface area contributed by atoms with Gasteiger partial charge in [-0.1, -0.05) is 12.1 Å². The predicted octanol–water partition coefficient (Wildman–Crippen LogP) is 2.85. The summed E-state index contributed by atoms with van der Waals surface area (Å²) in [6.07, 6.45) is 4.79. The lowest BCUT2D eigenvalue weighted by atomic mass is 10.1. The number of hydrogen-bond acceptors (Lipinski definition) is 2. The molecule has 0 fully saturated rings. The first kappa shape index (κ1) is 13.7. The molecule has 0 saturated carbocycles. The van der Waals surface area contributed by atoms with E-state index < -0.39 is 0 Å². The van der Waals surface area contributed by atoms with Crippen molar-refractivity contribution in [1.82, 2.24) is 14.7 Å². The summed E-state index contributed by atoms with van der Waals surface area (Å²) in [6.45, 7) is 4.50. The Labute approximate surface area is 113 Å². The van der Waals surface area contributed by atoms with Gasteiger partial charge in [0.15, 0.2) is 0 Å². The van der Waals surface area contributed by atoms with Crippen LogP contribution >= 0.6 is 0 Å². The Morgan fingerprint density at radius 1 is 1.32 bits per heavy atom. The summed E-state index contributed by atoms with van der Waals surface area (Å²) in [4.78, 5) is 2.21. The molecule has 3 nitrogen and oxygen atoms in total. The average Bonchev–Trinajstić information content (AvgIpc) is 2.88. The Morgan fingerprint density at radius 2 is 2.16 bits per heavy atom. The largest absolute Gasteiger partial charge is 0.302 e. The van der Waals surface area contributed by atoms with Gasteiger partial charge in [-0.05, 0) is 50.2 Å². The van der Waals surface area contributed by atoms with Gasteiger partial charge in [0.25, 0.3) is 0 Å². The zero-order valence-electron chi connectivity index (χ0n) is 11.5. The monoisotopic (exact) mass is 261 g/mol. The molecule has 0 atom stereocenters. The number of benzene rings is 1. The number of hydrogen-bond donors (Lipinski definition) is 0. The summed E-state index contributed by atoms with van der Waals surface area (Å²) in [7, 11) is 2.06. The lowest BCUT2D eigenvalue weighted by Crippen LogP contribution is -2.21. The summed E-state index contributed by atoms with van der Waals surface area (Å²) in [6, 6.07) is 7.20. The van der Waals surface area contributed by atoms with Gasteiger partial charge in [-0.3, -0.25) is 4.68 Å². The topological polar surface area (TPSA) is 21.1 Å². The molecule has 0 aliphatic carbocycles. The van der Waals surface area contributed by atoms with Gasteiger partial charge < -0.3 is 4.90 Å². The summed E-state index contributed by atoms with van der Waals surface area (Å²) in [5.41, 5.74) is 1.81. The standard InChI is InChI=1S/C15H20FN3/c1-13-14(6-3-7-15(13)16)12-18(2)9-5-11-19-10-4-8-17-19/h3-4,6-8,10H,5,9,11-12H2,1-2H3. The second kappa shape index (κ2) is 6.48. The molecule has 0 unspecified atom stereocenters. The maximum absolute atomic E-state index is 13.4. The van der Waals surface area contributed by atoms with Crippen molar-refractivity contribution in [3.63, 3.8) is 0 Å². The van der Waals surface area contributed by atoms with E-state index in [1.807, 2.05) is 29.9 Å². The Balaban J connectivity index is 1.80. The minimum absolute atomic E-state index is 0.123. The SMILES string of the molecule is Cc1c(F)cccc1CN(C)CCCn1cccn1. The van der Waals surface area contributed by atoms with E-state index in [-0.39, 0.29) is 5.82 Å². The van der Waals surface area contributed by atoms with Gasteiger partial charge in [0, 0.05) is 25.5 Å². The lowest BCUT2D eigenvalue weighted by molar-refractivity contribution is 0.310. The molecule has 4 heteroatoms. The third-order valence-corrected chi connectivity index (χ3v) is 3.31. The molecule has 2 aromatic rings. The zero-order valence-corrected chi connectivity index (χ0v) is 11.5.